The summed E-state index contributed by atoms with van der Waals surface area (Å²) in [5, 5.41) is 2.60. The van der Waals surface area contributed by atoms with Crippen molar-refractivity contribution < 1.29 is 4.74 Å². The van der Waals surface area contributed by atoms with Gasteiger partial charge in [-0.2, -0.15) is 0 Å². The van der Waals surface area contributed by atoms with Crippen molar-refractivity contribution in [3.8, 4) is 17.2 Å². The van der Waals surface area contributed by atoms with E-state index in [1.807, 2.05) is 24.3 Å². The van der Waals surface area contributed by atoms with Gasteiger partial charge >= 0.3 is 0 Å². The zero-order valence-electron chi connectivity index (χ0n) is 25.3. The second-order valence-electron chi connectivity index (χ2n) is 12.5. The number of para-hydroxylation sites is 7. The van der Waals surface area contributed by atoms with E-state index in [2.05, 4.69) is 148 Å². The number of nitrogens with zero attached hydrogens (tertiary/aromatic N) is 3. The van der Waals surface area contributed by atoms with Crippen molar-refractivity contribution in [3.05, 3.63) is 158 Å². The third-order valence-corrected chi connectivity index (χ3v) is 10.1. The SMILES string of the molecule is c1ccc(N2c3cc(N4c5ccccc5Oc5ccccc54)ccc3B3c4c2cccc4-n2c4ccccc4c4cccc3c42)cc1. The second-order valence-corrected chi connectivity index (χ2v) is 12.5. The van der Waals surface area contributed by atoms with Crippen molar-refractivity contribution in [3.63, 3.8) is 0 Å². The normalized spacial score (nSPS) is 13.6. The summed E-state index contributed by atoms with van der Waals surface area (Å²) in [5.74, 6) is 1.70. The third-order valence-electron chi connectivity index (χ3n) is 10.1. The van der Waals surface area contributed by atoms with Gasteiger partial charge in [0, 0.05) is 44.7 Å². The molecule has 0 fully saturated rings. The molecular weight excluding hydrogens is 573 g/mol. The Bertz CT molecular complexity index is 2550. The van der Waals surface area contributed by atoms with Gasteiger partial charge in [-0.05, 0) is 83.1 Å². The second kappa shape index (κ2) is 9.18. The molecule has 8 aromatic rings. The predicted molar refractivity (Wildman–Crippen MR) is 195 cm³/mol. The minimum Gasteiger partial charge on any atom is -0.453 e. The smallest absolute Gasteiger partial charge is 0.252 e. The van der Waals surface area contributed by atoms with Crippen molar-refractivity contribution in [1.29, 1.82) is 0 Å². The summed E-state index contributed by atoms with van der Waals surface area (Å²) in [7, 11) is 0. The van der Waals surface area contributed by atoms with E-state index >= 15 is 0 Å². The van der Waals surface area contributed by atoms with Gasteiger partial charge < -0.3 is 19.1 Å². The van der Waals surface area contributed by atoms with Gasteiger partial charge in [-0.1, -0.05) is 91.0 Å². The zero-order chi connectivity index (χ0) is 30.6. The number of hydrogen-bond donors (Lipinski definition) is 0. The van der Waals surface area contributed by atoms with E-state index in [-0.39, 0.29) is 6.71 Å². The molecule has 0 unspecified atom stereocenters. The summed E-state index contributed by atoms with van der Waals surface area (Å²) in [6.45, 7) is 0.0926. The van der Waals surface area contributed by atoms with Crippen LogP contribution >= 0.6 is 0 Å². The van der Waals surface area contributed by atoms with Gasteiger partial charge in [-0.15, -0.1) is 0 Å². The lowest BCUT2D eigenvalue weighted by atomic mass is 9.34. The molecule has 3 aliphatic rings. The van der Waals surface area contributed by atoms with E-state index in [4.69, 9.17) is 4.74 Å². The van der Waals surface area contributed by atoms with Crippen molar-refractivity contribution in [2.75, 3.05) is 9.80 Å². The molecule has 0 radical (unpaired) electrons. The van der Waals surface area contributed by atoms with Crippen LogP contribution in [0.1, 0.15) is 0 Å². The summed E-state index contributed by atoms with van der Waals surface area (Å²) in [6.07, 6.45) is 0. The molecule has 47 heavy (non-hydrogen) atoms. The molecule has 218 valence electrons. The first-order chi connectivity index (χ1) is 23.3. The maximum Gasteiger partial charge on any atom is 0.252 e. The Hall–Kier alpha value is -6.20. The Morgan fingerprint density at radius 1 is 0.426 bits per heavy atom. The summed E-state index contributed by atoms with van der Waals surface area (Å²) in [5.41, 5.74) is 14.5. The summed E-state index contributed by atoms with van der Waals surface area (Å²) in [4.78, 5) is 4.80. The van der Waals surface area contributed by atoms with E-state index in [9.17, 15) is 0 Å². The molecule has 5 heteroatoms. The van der Waals surface area contributed by atoms with Crippen LogP contribution in [0.3, 0.4) is 0 Å². The van der Waals surface area contributed by atoms with Crippen molar-refractivity contribution in [2.24, 2.45) is 0 Å². The minimum atomic E-state index is 0.0926. The van der Waals surface area contributed by atoms with Gasteiger partial charge in [0.05, 0.1) is 16.9 Å². The maximum absolute atomic E-state index is 6.37. The summed E-state index contributed by atoms with van der Waals surface area (Å²) >= 11 is 0. The van der Waals surface area contributed by atoms with Gasteiger partial charge in [0.25, 0.3) is 6.71 Å². The molecule has 4 nitrogen and oxygen atoms in total. The number of anilines is 6. The molecule has 3 aliphatic heterocycles. The molecule has 0 spiro atoms. The fourth-order valence-corrected chi connectivity index (χ4v) is 8.31. The number of rotatable bonds is 2. The Balaban J connectivity index is 1.23. The highest BCUT2D eigenvalue weighted by Crippen LogP contribution is 2.51. The van der Waals surface area contributed by atoms with E-state index in [0.717, 1.165) is 34.2 Å². The quantitative estimate of drug-likeness (QED) is 0.185. The summed E-state index contributed by atoms with van der Waals surface area (Å²) in [6, 6.07) is 56.9. The average molecular weight is 600 g/mol. The molecule has 0 aliphatic carbocycles. The van der Waals surface area contributed by atoms with Crippen LogP contribution in [0.2, 0.25) is 0 Å². The lowest BCUT2D eigenvalue weighted by molar-refractivity contribution is 0.477. The molecule has 0 amide bonds. The van der Waals surface area contributed by atoms with Crippen LogP contribution in [-0.4, -0.2) is 11.3 Å². The molecule has 0 N–H and O–H groups in total. The highest BCUT2D eigenvalue weighted by atomic mass is 16.5. The Morgan fingerprint density at radius 2 is 1.06 bits per heavy atom. The summed E-state index contributed by atoms with van der Waals surface area (Å²) < 4.78 is 8.87. The molecule has 4 heterocycles. The van der Waals surface area contributed by atoms with Gasteiger partial charge in [-0.3, -0.25) is 0 Å². The standard InChI is InChI=1S/C42H26BN3O/c1-2-12-27(13-3-1)44-36-20-11-21-37-41(36)43(32-16-10-15-30-29-14-4-5-17-33(29)46(37)42(30)32)31-25-24-28(26-38(31)44)45-34-18-6-8-22-39(34)47-40-23-9-7-19-35(40)45/h1-26H. The van der Waals surface area contributed by atoms with Crippen molar-refractivity contribution >= 4 is 79.0 Å². The van der Waals surface area contributed by atoms with Crippen LogP contribution in [0.25, 0.3) is 27.5 Å². The number of fused-ring (bicyclic) bond motifs is 9. The zero-order valence-corrected chi connectivity index (χ0v) is 25.3. The molecule has 1 aromatic heterocycles. The van der Waals surface area contributed by atoms with E-state index in [0.29, 0.717) is 0 Å². The third kappa shape index (κ3) is 3.27. The van der Waals surface area contributed by atoms with Crippen molar-refractivity contribution in [1.82, 2.24) is 4.57 Å². The van der Waals surface area contributed by atoms with Crippen LogP contribution in [-0.2, 0) is 0 Å². The van der Waals surface area contributed by atoms with Gasteiger partial charge in [0.2, 0.25) is 0 Å². The first-order valence-electron chi connectivity index (χ1n) is 16.2. The molecule has 0 saturated heterocycles. The van der Waals surface area contributed by atoms with Crippen LogP contribution in [0.4, 0.5) is 34.1 Å². The van der Waals surface area contributed by atoms with Gasteiger partial charge in [-0.25, -0.2) is 0 Å². The minimum absolute atomic E-state index is 0.0926. The fraction of sp³-hybridized carbons (Fsp3) is 0. The van der Waals surface area contributed by atoms with Gasteiger partial charge in [0.15, 0.2) is 11.5 Å². The Kier molecular flexibility index (Phi) is 4.89. The highest BCUT2D eigenvalue weighted by molar-refractivity contribution is 7.00. The number of hydrogen-bond acceptors (Lipinski definition) is 3. The topological polar surface area (TPSA) is 20.6 Å². The predicted octanol–water partition coefficient (Wildman–Crippen LogP) is 8.97. The highest BCUT2D eigenvalue weighted by Gasteiger charge is 2.42. The number of aromatic nitrogens is 1. The number of ether oxygens (including phenoxy) is 1. The van der Waals surface area contributed by atoms with E-state index < -0.39 is 0 Å². The van der Waals surface area contributed by atoms with E-state index in [1.54, 1.807) is 0 Å². The number of benzene rings is 7. The van der Waals surface area contributed by atoms with E-state index in [1.165, 1.54) is 55.3 Å². The van der Waals surface area contributed by atoms with Crippen LogP contribution < -0.4 is 30.9 Å². The maximum atomic E-state index is 6.37. The van der Waals surface area contributed by atoms with Crippen LogP contribution in [0.5, 0.6) is 11.5 Å². The molecule has 0 saturated carbocycles. The largest absolute Gasteiger partial charge is 0.453 e. The molecule has 0 bridgehead atoms. The lowest BCUT2D eigenvalue weighted by Gasteiger charge is -2.41. The Morgan fingerprint density at radius 3 is 1.89 bits per heavy atom. The Labute approximate surface area is 272 Å². The lowest BCUT2D eigenvalue weighted by Crippen LogP contribution is -2.60. The molecule has 11 rings (SSSR count). The van der Waals surface area contributed by atoms with Gasteiger partial charge in [0.1, 0.15) is 0 Å². The van der Waals surface area contributed by atoms with Crippen LogP contribution in [0, 0.1) is 0 Å². The molecule has 0 atom stereocenters. The molecular formula is C42H26BN3O. The monoisotopic (exact) mass is 599 g/mol. The fourth-order valence-electron chi connectivity index (χ4n) is 8.31. The molecule has 7 aromatic carbocycles. The first-order valence-corrected chi connectivity index (χ1v) is 16.2. The average Bonchev–Trinajstić information content (AvgIpc) is 3.47. The van der Waals surface area contributed by atoms with Crippen LogP contribution in [0.15, 0.2) is 158 Å². The van der Waals surface area contributed by atoms with Crippen molar-refractivity contribution in [2.45, 2.75) is 0 Å². The first kappa shape index (κ1) is 25.0.